The number of anilines is 2. The van der Waals surface area contributed by atoms with E-state index in [1.54, 1.807) is 30.5 Å². The van der Waals surface area contributed by atoms with Crippen molar-refractivity contribution in [2.45, 2.75) is 19.4 Å². The zero-order valence-corrected chi connectivity index (χ0v) is 14.6. The van der Waals surface area contributed by atoms with Crippen LogP contribution in [0.5, 0.6) is 5.75 Å². The van der Waals surface area contributed by atoms with Crippen molar-refractivity contribution in [3.63, 3.8) is 0 Å². The first-order valence-corrected chi connectivity index (χ1v) is 8.41. The Bertz CT molecular complexity index is 831. The van der Waals surface area contributed by atoms with Gasteiger partial charge in [-0.1, -0.05) is 23.7 Å². The molecular weight excluding hydrogens is 344 g/mol. The van der Waals surface area contributed by atoms with E-state index in [0.29, 0.717) is 17.1 Å². The van der Waals surface area contributed by atoms with Crippen molar-refractivity contribution in [1.29, 1.82) is 0 Å². The van der Waals surface area contributed by atoms with E-state index in [1.807, 2.05) is 4.90 Å². The van der Waals surface area contributed by atoms with Gasteiger partial charge in [-0.05, 0) is 25.0 Å². The second-order valence-corrected chi connectivity index (χ2v) is 6.13. The molecular formula is C17H19ClN4O3. The lowest BCUT2D eigenvalue weighted by atomic mass is 10.3. The Morgan fingerprint density at radius 2 is 2.04 bits per heavy atom. The number of nitrogens with zero attached hydrogens (tertiary/aromatic N) is 3. The largest absolute Gasteiger partial charge is 0.495 e. The van der Waals surface area contributed by atoms with Crippen LogP contribution in [0.25, 0.3) is 0 Å². The number of aromatic nitrogens is 2. The first-order valence-electron chi connectivity index (χ1n) is 8.03. The molecule has 25 heavy (non-hydrogen) atoms. The smallest absolute Gasteiger partial charge is 0.288 e. The molecule has 1 saturated heterocycles. The lowest BCUT2D eigenvalue weighted by molar-refractivity contribution is -0.117. The number of carbonyl (C=O) groups excluding carboxylic acids is 1. The minimum absolute atomic E-state index is 0.0991. The SMILES string of the molecule is COc1ccccc1NC(=O)Cn1ncc(N2CCCC2)c(Cl)c1=O. The maximum absolute atomic E-state index is 12.4. The number of rotatable bonds is 5. The number of benzene rings is 1. The summed E-state index contributed by atoms with van der Waals surface area (Å²) >= 11 is 6.20. The molecule has 132 valence electrons. The zero-order valence-electron chi connectivity index (χ0n) is 13.9. The maximum Gasteiger partial charge on any atom is 0.288 e. The quantitative estimate of drug-likeness (QED) is 0.881. The van der Waals surface area contributed by atoms with Crippen LogP contribution in [-0.4, -0.2) is 35.9 Å². The number of nitrogens with one attached hydrogen (secondary N) is 1. The molecule has 0 atom stereocenters. The summed E-state index contributed by atoms with van der Waals surface area (Å²) in [5, 5.41) is 6.90. The van der Waals surface area contributed by atoms with E-state index in [-0.39, 0.29) is 17.5 Å². The molecule has 1 aromatic carbocycles. The molecule has 7 nitrogen and oxygen atoms in total. The van der Waals surface area contributed by atoms with Gasteiger partial charge in [0, 0.05) is 13.1 Å². The van der Waals surface area contributed by atoms with Gasteiger partial charge in [0.25, 0.3) is 5.56 Å². The topological polar surface area (TPSA) is 76.5 Å². The standard InChI is InChI=1S/C17H19ClN4O3/c1-25-14-7-3-2-6-12(14)20-15(23)11-22-17(24)16(18)13(10-19-22)21-8-4-5-9-21/h2-3,6-7,10H,4-5,8-9,11H2,1H3,(H,20,23). The lowest BCUT2D eigenvalue weighted by Crippen LogP contribution is -2.32. The van der Waals surface area contributed by atoms with Crippen molar-refractivity contribution in [3.8, 4) is 5.75 Å². The molecule has 1 fully saturated rings. The van der Waals surface area contributed by atoms with Gasteiger partial charge < -0.3 is 15.0 Å². The minimum atomic E-state index is -0.471. The zero-order chi connectivity index (χ0) is 17.8. The molecule has 3 rings (SSSR count). The van der Waals surface area contributed by atoms with Crippen LogP contribution in [-0.2, 0) is 11.3 Å². The van der Waals surface area contributed by atoms with Crippen LogP contribution in [0.2, 0.25) is 5.02 Å². The van der Waals surface area contributed by atoms with Crippen LogP contribution in [0.3, 0.4) is 0 Å². The van der Waals surface area contributed by atoms with Crippen LogP contribution >= 0.6 is 11.6 Å². The number of amides is 1. The van der Waals surface area contributed by atoms with Gasteiger partial charge in [-0.3, -0.25) is 9.59 Å². The summed E-state index contributed by atoms with van der Waals surface area (Å²) in [6, 6.07) is 7.04. The van der Waals surface area contributed by atoms with E-state index in [4.69, 9.17) is 16.3 Å². The van der Waals surface area contributed by atoms with Gasteiger partial charge in [0.15, 0.2) is 0 Å². The number of halogens is 1. The van der Waals surface area contributed by atoms with E-state index < -0.39 is 5.56 Å². The number of methoxy groups -OCH3 is 1. The van der Waals surface area contributed by atoms with Crippen molar-refractivity contribution >= 4 is 28.9 Å². The molecule has 0 aliphatic carbocycles. The van der Waals surface area contributed by atoms with Crippen molar-refractivity contribution in [3.05, 3.63) is 45.8 Å². The first kappa shape index (κ1) is 17.3. The molecule has 1 aliphatic heterocycles. The first-order chi connectivity index (χ1) is 12.1. The highest BCUT2D eigenvalue weighted by Gasteiger charge is 2.19. The molecule has 0 spiro atoms. The van der Waals surface area contributed by atoms with Gasteiger partial charge in [0.1, 0.15) is 17.3 Å². The molecule has 1 aromatic heterocycles. The molecule has 2 aromatic rings. The highest BCUT2D eigenvalue weighted by Crippen LogP contribution is 2.25. The Morgan fingerprint density at radius 3 is 2.76 bits per heavy atom. The van der Waals surface area contributed by atoms with Crippen molar-refractivity contribution in [2.24, 2.45) is 0 Å². The van der Waals surface area contributed by atoms with Crippen LogP contribution in [0.4, 0.5) is 11.4 Å². The molecule has 0 radical (unpaired) electrons. The summed E-state index contributed by atoms with van der Waals surface area (Å²) in [6.07, 6.45) is 3.69. The second kappa shape index (κ2) is 7.57. The lowest BCUT2D eigenvalue weighted by Gasteiger charge is -2.18. The van der Waals surface area contributed by atoms with Crippen molar-refractivity contribution in [2.75, 3.05) is 30.4 Å². The Morgan fingerprint density at radius 1 is 1.32 bits per heavy atom. The van der Waals surface area contributed by atoms with Gasteiger partial charge >= 0.3 is 0 Å². The molecule has 1 aliphatic rings. The normalized spacial score (nSPS) is 13.8. The molecule has 0 saturated carbocycles. The average Bonchev–Trinajstić information content (AvgIpc) is 3.14. The van der Waals surface area contributed by atoms with Gasteiger partial charge in [-0.25, -0.2) is 4.68 Å². The van der Waals surface area contributed by atoms with Gasteiger partial charge in [0.05, 0.1) is 24.7 Å². The fraction of sp³-hybridized carbons (Fsp3) is 0.353. The predicted octanol–water partition coefficient (Wildman–Crippen LogP) is 2.14. The fourth-order valence-corrected chi connectivity index (χ4v) is 3.09. The summed E-state index contributed by atoms with van der Waals surface area (Å²) in [4.78, 5) is 26.7. The molecule has 1 N–H and O–H groups in total. The second-order valence-electron chi connectivity index (χ2n) is 5.75. The summed E-state index contributed by atoms with van der Waals surface area (Å²) in [5.41, 5.74) is 0.689. The number of carbonyl (C=O) groups is 1. The predicted molar refractivity (Wildman–Crippen MR) is 96.6 cm³/mol. The third-order valence-corrected chi connectivity index (χ3v) is 4.44. The van der Waals surface area contributed by atoms with E-state index in [2.05, 4.69) is 10.4 Å². The highest BCUT2D eigenvalue weighted by molar-refractivity contribution is 6.33. The monoisotopic (exact) mass is 362 g/mol. The molecule has 1 amide bonds. The van der Waals surface area contributed by atoms with Crippen molar-refractivity contribution in [1.82, 2.24) is 9.78 Å². The highest BCUT2D eigenvalue weighted by atomic mass is 35.5. The Kier molecular flexibility index (Phi) is 5.23. The number of hydrogen-bond donors (Lipinski definition) is 1. The van der Waals surface area contributed by atoms with Crippen LogP contribution < -0.4 is 20.5 Å². The van der Waals surface area contributed by atoms with E-state index in [0.717, 1.165) is 30.6 Å². The summed E-state index contributed by atoms with van der Waals surface area (Å²) in [5.74, 6) is 0.155. The van der Waals surface area contributed by atoms with Crippen molar-refractivity contribution < 1.29 is 9.53 Å². The molecule has 0 unspecified atom stereocenters. The Labute approximate surface area is 150 Å². The Hall–Kier alpha value is -2.54. The van der Waals surface area contributed by atoms with Crippen LogP contribution in [0, 0.1) is 0 Å². The van der Waals surface area contributed by atoms with Crippen LogP contribution in [0.1, 0.15) is 12.8 Å². The van der Waals surface area contributed by atoms with Gasteiger partial charge in [-0.15, -0.1) is 0 Å². The third kappa shape index (κ3) is 3.76. The maximum atomic E-state index is 12.4. The summed E-state index contributed by atoms with van der Waals surface area (Å²) in [7, 11) is 1.52. The number of ether oxygens (including phenoxy) is 1. The minimum Gasteiger partial charge on any atom is -0.495 e. The average molecular weight is 363 g/mol. The molecule has 8 heteroatoms. The number of hydrogen-bond acceptors (Lipinski definition) is 5. The van der Waals surface area contributed by atoms with E-state index in [9.17, 15) is 9.59 Å². The van der Waals surface area contributed by atoms with E-state index >= 15 is 0 Å². The van der Waals surface area contributed by atoms with E-state index in [1.165, 1.54) is 7.11 Å². The van der Waals surface area contributed by atoms with Crippen LogP contribution in [0.15, 0.2) is 35.3 Å². The Balaban J connectivity index is 1.75. The molecule has 2 heterocycles. The number of para-hydroxylation sites is 2. The summed E-state index contributed by atoms with van der Waals surface area (Å²) < 4.78 is 6.25. The fourth-order valence-electron chi connectivity index (χ4n) is 2.82. The van der Waals surface area contributed by atoms with Gasteiger partial charge in [-0.2, -0.15) is 5.10 Å². The van der Waals surface area contributed by atoms with Gasteiger partial charge in [0.2, 0.25) is 5.91 Å². The molecule has 0 bridgehead atoms. The third-order valence-electron chi connectivity index (χ3n) is 4.09. The summed E-state index contributed by atoms with van der Waals surface area (Å²) in [6.45, 7) is 1.50.